The Kier molecular flexibility index (Phi) is 3.05. The molecule has 2 heterocycles. The Morgan fingerprint density at radius 1 is 1.47 bits per heavy atom. The van der Waals surface area contributed by atoms with Crippen molar-refractivity contribution in [3.63, 3.8) is 0 Å². The van der Waals surface area contributed by atoms with Crippen LogP contribution in [0, 0.1) is 6.92 Å². The number of nitrogens with one attached hydrogen (secondary N) is 1. The highest BCUT2D eigenvalue weighted by Gasteiger charge is 2.14. The zero-order valence-corrected chi connectivity index (χ0v) is 10.9. The second-order valence-corrected chi connectivity index (χ2v) is 4.80. The first-order chi connectivity index (χ1) is 8.04. The quantitative estimate of drug-likeness (QED) is 0.885. The fraction of sp³-hybridized carbons (Fsp3) is 0.538. The van der Waals surface area contributed by atoms with E-state index in [-0.39, 0.29) is 11.5 Å². The lowest BCUT2D eigenvalue weighted by Crippen LogP contribution is -2.22. The number of nitrogens with zero attached hydrogens (tertiary/aromatic N) is 2. The molecule has 0 aliphatic rings. The molecule has 0 saturated heterocycles. The molecule has 0 bridgehead atoms. The lowest BCUT2D eigenvalue weighted by atomic mass is 10.0. The van der Waals surface area contributed by atoms with Gasteiger partial charge in [-0.1, -0.05) is 27.2 Å². The number of hydrogen-bond donors (Lipinski definition) is 1. The van der Waals surface area contributed by atoms with Crippen LogP contribution in [0.1, 0.15) is 50.1 Å². The topological polar surface area (TPSA) is 50.2 Å². The molecule has 0 radical (unpaired) electrons. The Hall–Kier alpha value is -1.58. The van der Waals surface area contributed by atoms with Crippen molar-refractivity contribution in [3.8, 4) is 0 Å². The van der Waals surface area contributed by atoms with E-state index in [2.05, 4.69) is 17.0 Å². The fourth-order valence-corrected chi connectivity index (χ4v) is 2.26. The van der Waals surface area contributed by atoms with Crippen molar-refractivity contribution in [2.75, 3.05) is 0 Å². The number of hydrogen-bond acceptors (Lipinski definition) is 2. The highest BCUT2D eigenvalue weighted by Crippen LogP contribution is 2.14. The molecular formula is C13H19N3O. The van der Waals surface area contributed by atoms with E-state index in [1.54, 1.807) is 4.52 Å². The van der Waals surface area contributed by atoms with Crippen LogP contribution in [0.15, 0.2) is 10.9 Å². The molecule has 2 aromatic heterocycles. The maximum Gasteiger partial charge on any atom is 0.276 e. The van der Waals surface area contributed by atoms with Crippen LogP contribution in [-0.2, 0) is 6.42 Å². The van der Waals surface area contributed by atoms with Crippen LogP contribution in [0.3, 0.4) is 0 Å². The third kappa shape index (κ3) is 1.99. The molecule has 92 valence electrons. The van der Waals surface area contributed by atoms with Crippen molar-refractivity contribution in [3.05, 3.63) is 33.4 Å². The van der Waals surface area contributed by atoms with E-state index in [0.29, 0.717) is 0 Å². The standard InChI is InChI=1S/C13H19N3O/c1-5-6-10-7-11-14-9(4)12(8(2)3)13(17)16(11)15-10/h7-8,15H,5-6H2,1-4H3. The maximum atomic E-state index is 12.3. The van der Waals surface area contributed by atoms with Crippen LogP contribution >= 0.6 is 0 Å². The summed E-state index contributed by atoms with van der Waals surface area (Å²) >= 11 is 0. The first-order valence-corrected chi connectivity index (χ1v) is 6.15. The summed E-state index contributed by atoms with van der Waals surface area (Å²) in [6.45, 7) is 8.07. The number of aromatic amines is 1. The van der Waals surface area contributed by atoms with Crippen molar-refractivity contribution in [1.82, 2.24) is 14.6 Å². The molecule has 0 atom stereocenters. The lowest BCUT2D eigenvalue weighted by Gasteiger charge is -2.07. The van der Waals surface area contributed by atoms with Gasteiger partial charge < -0.3 is 0 Å². The van der Waals surface area contributed by atoms with Crippen LogP contribution in [-0.4, -0.2) is 14.6 Å². The predicted octanol–water partition coefficient (Wildman–Crippen LogP) is 2.41. The van der Waals surface area contributed by atoms with Crippen molar-refractivity contribution in [2.45, 2.75) is 46.5 Å². The van der Waals surface area contributed by atoms with Crippen LogP contribution in [0.2, 0.25) is 0 Å². The van der Waals surface area contributed by atoms with E-state index in [9.17, 15) is 4.79 Å². The third-order valence-electron chi connectivity index (χ3n) is 2.99. The zero-order valence-electron chi connectivity index (χ0n) is 10.9. The van der Waals surface area contributed by atoms with Crippen LogP contribution < -0.4 is 5.56 Å². The second kappa shape index (κ2) is 4.35. The second-order valence-electron chi connectivity index (χ2n) is 4.80. The summed E-state index contributed by atoms with van der Waals surface area (Å²) in [5.41, 5.74) is 3.46. The molecule has 0 aliphatic carbocycles. The summed E-state index contributed by atoms with van der Waals surface area (Å²) in [5.74, 6) is 0.199. The summed E-state index contributed by atoms with van der Waals surface area (Å²) in [6.07, 6.45) is 2.00. The molecule has 2 rings (SSSR count). The fourth-order valence-electron chi connectivity index (χ4n) is 2.26. The monoisotopic (exact) mass is 233 g/mol. The van der Waals surface area contributed by atoms with Crippen molar-refractivity contribution in [2.24, 2.45) is 0 Å². The predicted molar refractivity (Wildman–Crippen MR) is 68.6 cm³/mol. The first kappa shape index (κ1) is 11.9. The van der Waals surface area contributed by atoms with Gasteiger partial charge in [0.1, 0.15) is 0 Å². The molecule has 4 nitrogen and oxygen atoms in total. The largest absolute Gasteiger partial charge is 0.294 e. The third-order valence-corrected chi connectivity index (χ3v) is 2.99. The van der Waals surface area contributed by atoms with E-state index in [4.69, 9.17) is 0 Å². The van der Waals surface area contributed by atoms with E-state index in [1.807, 2.05) is 26.8 Å². The van der Waals surface area contributed by atoms with Crippen molar-refractivity contribution < 1.29 is 0 Å². The Balaban J connectivity index is 2.70. The Bertz CT molecular complexity index is 592. The van der Waals surface area contributed by atoms with Gasteiger partial charge in [-0.3, -0.25) is 9.89 Å². The van der Waals surface area contributed by atoms with Gasteiger partial charge in [-0.15, -0.1) is 0 Å². The van der Waals surface area contributed by atoms with E-state index >= 15 is 0 Å². The number of aryl methyl sites for hydroxylation is 2. The van der Waals surface area contributed by atoms with Gasteiger partial charge in [-0.2, -0.15) is 0 Å². The van der Waals surface area contributed by atoms with Gasteiger partial charge in [-0.05, 0) is 19.3 Å². The Morgan fingerprint density at radius 3 is 2.76 bits per heavy atom. The molecule has 4 heteroatoms. The molecule has 0 aliphatic heterocycles. The maximum absolute atomic E-state index is 12.3. The van der Waals surface area contributed by atoms with Gasteiger partial charge in [0, 0.05) is 23.0 Å². The van der Waals surface area contributed by atoms with Crippen LogP contribution in [0.4, 0.5) is 0 Å². The molecule has 0 unspecified atom stereocenters. The summed E-state index contributed by atoms with van der Waals surface area (Å²) in [6, 6.07) is 1.96. The number of fused-ring (bicyclic) bond motifs is 1. The summed E-state index contributed by atoms with van der Waals surface area (Å²) in [7, 11) is 0. The normalized spacial score (nSPS) is 11.6. The highest BCUT2D eigenvalue weighted by atomic mass is 16.1. The average molecular weight is 233 g/mol. The molecule has 2 aromatic rings. The summed E-state index contributed by atoms with van der Waals surface area (Å²) in [4.78, 5) is 16.8. The number of aromatic nitrogens is 3. The molecule has 0 amide bonds. The van der Waals surface area contributed by atoms with Gasteiger partial charge in [0.15, 0.2) is 5.65 Å². The van der Waals surface area contributed by atoms with E-state index in [0.717, 1.165) is 35.4 Å². The van der Waals surface area contributed by atoms with E-state index < -0.39 is 0 Å². The summed E-state index contributed by atoms with van der Waals surface area (Å²) in [5, 5.41) is 3.13. The minimum absolute atomic E-state index is 0.0323. The van der Waals surface area contributed by atoms with Crippen molar-refractivity contribution in [1.29, 1.82) is 0 Å². The zero-order chi connectivity index (χ0) is 12.6. The Morgan fingerprint density at radius 2 is 2.18 bits per heavy atom. The minimum Gasteiger partial charge on any atom is -0.294 e. The number of rotatable bonds is 3. The molecular weight excluding hydrogens is 214 g/mol. The van der Waals surface area contributed by atoms with Gasteiger partial charge in [0.05, 0.1) is 0 Å². The molecule has 17 heavy (non-hydrogen) atoms. The van der Waals surface area contributed by atoms with Crippen LogP contribution in [0.5, 0.6) is 0 Å². The SMILES string of the molecule is CCCc1cc2nc(C)c(C(C)C)c(=O)n2[nH]1. The van der Waals surface area contributed by atoms with E-state index in [1.165, 1.54) is 0 Å². The first-order valence-electron chi connectivity index (χ1n) is 6.15. The smallest absolute Gasteiger partial charge is 0.276 e. The van der Waals surface area contributed by atoms with Gasteiger partial charge in [0.25, 0.3) is 5.56 Å². The van der Waals surface area contributed by atoms with Gasteiger partial charge in [0.2, 0.25) is 0 Å². The highest BCUT2D eigenvalue weighted by molar-refractivity contribution is 5.42. The van der Waals surface area contributed by atoms with Crippen molar-refractivity contribution >= 4 is 5.65 Å². The molecule has 1 N–H and O–H groups in total. The molecule has 0 aromatic carbocycles. The van der Waals surface area contributed by atoms with Crippen LogP contribution in [0.25, 0.3) is 5.65 Å². The molecule has 0 saturated carbocycles. The minimum atomic E-state index is 0.0323. The number of H-pyrrole nitrogens is 1. The lowest BCUT2D eigenvalue weighted by molar-refractivity contribution is 0.763. The molecule has 0 spiro atoms. The van der Waals surface area contributed by atoms with Gasteiger partial charge >= 0.3 is 0 Å². The Labute approximate surface area is 101 Å². The molecule has 0 fully saturated rings. The van der Waals surface area contributed by atoms with Gasteiger partial charge in [-0.25, -0.2) is 9.50 Å². The average Bonchev–Trinajstić information content (AvgIpc) is 2.60. The summed E-state index contributed by atoms with van der Waals surface area (Å²) < 4.78 is 1.56.